The maximum atomic E-state index is 2.52. The summed E-state index contributed by atoms with van der Waals surface area (Å²) in [6.07, 6.45) is 4.66. The summed E-state index contributed by atoms with van der Waals surface area (Å²) < 4.78 is 2.29. The number of benzene rings is 3. The quantitative estimate of drug-likeness (QED) is 0.401. The van der Waals surface area contributed by atoms with Crippen molar-refractivity contribution in [2.24, 2.45) is 0 Å². The first-order valence-corrected chi connectivity index (χ1v) is 11.3. The predicted molar refractivity (Wildman–Crippen MR) is 129 cm³/mol. The van der Waals surface area contributed by atoms with Gasteiger partial charge < -0.3 is 0 Å². The molecule has 32 heavy (non-hydrogen) atoms. The fourth-order valence-corrected chi connectivity index (χ4v) is 5.23. The van der Waals surface area contributed by atoms with Crippen LogP contribution < -0.4 is 4.57 Å². The SMILES string of the molecule is CN1C(c2ccc[n+](Cc3ccccc3)c2)N(C)[C@@H](c2ccccc2)[C@@H]1c1ccccc1. The fraction of sp³-hybridized carbons (Fsp3) is 0.207. The van der Waals surface area contributed by atoms with Gasteiger partial charge in [0, 0.05) is 17.2 Å². The van der Waals surface area contributed by atoms with E-state index in [1.165, 1.54) is 22.3 Å². The van der Waals surface area contributed by atoms with Crippen LogP contribution in [-0.2, 0) is 6.54 Å². The van der Waals surface area contributed by atoms with Crippen molar-refractivity contribution in [1.29, 1.82) is 0 Å². The predicted octanol–water partition coefficient (Wildman–Crippen LogP) is 5.38. The molecule has 0 saturated carbocycles. The number of nitrogens with zero attached hydrogens (tertiary/aromatic N) is 3. The molecule has 4 aromatic rings. The van der Waals surface area contributed by atoms with Crippen LogP contribution in [0.25, 0.3) is 0 Å². The highest BCUT2D eigenvalue weighted by Crippen LogP contribution is 2.50. The Morgan fingerprint density at radius 1 is 0.594 bits per heavy atom. The summed E-state index contributed by atoms with van der Waals surface area (Å²) in [5.74, 6) is 0. The Morgan fingerprint density at radius 3 is 1.59 bits per heavy atom. The third-order valence-electron chi connectivity index (χ3n) is 6.62. The third kappa shape index (κ3) is 3.97. The van der Waals surface area contributed by atoms with Crippen LogP contribution >= 0.6 is 0 Å². The van der Waals surface area contributed by atoms with Gasteiger partial charge in [-0.2, -0.15) is 0 Å². The lowest BCUT2D eigenvalue weighted by Gasteiger charge is -2.26. The van der Waals surface area contributed by atoms with Gasteiger partial charge in [-0.05, 0) is 31.3 Å². The Hall–Kier alpha value is -3.27. The summed E-state index contributed by atoms with van der Waals surface area (Å²) in [6.45, 7) is 0.874. The minimum Gasteiger partial charge on any atom is -0.278 e. The monoisotopic (exact) mass is 420 g/mol. The van der Waals surface area contributed by atoms with Gasteiger partial charge in [0.2, 0.25) is 0 Å². The maximum Gasteiger partial charge on any atom is 0.175 e. The molecule has 0 bridgehead atoms. The summed E-state index contributed by atoms with van der Waals surface area (Å²) in [5, 5.41) is 0. The second-order valence-electron chi connectivity index (χ2n) is 8.71. The smallest absolute Gasteiger partial charge is 0.175 e. The van der Waals surface area contributed by atoms with E-state index in [0.717, 1.165) is 6.54 Å². The molecule has 1 fully saturated rings. The molecule has 160 valence electrons. The van der Waals surface area contributed by atoms with Gasteiger partial charge in [-0.1, -0.05) is 91.0 Å². The molecule has 0 unspecified atom stereocenters. The van der Waals surface area contributed by atoms with Crippen LogP contribution in [0, 0.1) is 0 Å². The van der Waals surface area contributed by atoms with Crippen molar-refractivity contribution in [3.05, 3.63) is 138 Å². The summed E-state index contributed by atoms with van der Waals surface area (Å²) in [6, 6.07) is 37.4. The molecule has 3 nitrogen and oxygen atoms in total. The second-order valence-corrected chi connectivity index (χ2v) is 8.71. The normalized spacial score (nSPS) is 19.9. The lowest BCUT2D eigenvalue weighted by atomic mass is 9.93. The van der Waals surface area contributed by atoms with E-state index in [-0.39, 0.29) is 18.2 Å². The molecule has 5 rings (SSSR count). The van der Waals surface area contributed by atoms with Crippen molar-refractivity contribution in [2.45, 2.75) is 24.8 Å². The van der Waals surface area contributed by atoms with Gasteiger partial charge in [-0.3, -0.25) is 9.80 Å². The zero-order valence-electron chi connectivity index (χ0n) is 18.8. The van der Waals surface area contributed by atoms with E-state index in [2.05, 4.69) is 144 Å². The van der Waals surface area contributed by atoms with E-state index in [9.17, 15) is 0 Å². The van der Waals surface area contributed by atoms with Crippen molar-refractivity contribution in [3.63, 3.8) is 0 Å². The van der Waals surface area contributed by atoms with Crippen molar-refractivity contribution >= 4 is 0 Å². The maximum absolute atomic E-state index is 2.52. The molecule has 2 heterocycles. The van der Waals surface area contributed by atoms with Gasteiger partial charge >= 0.3 is 0 Å². The number of rotatable bonds is 5. The molecule has 1 aliphatic heterocycles. The molecule has 2 atom stereocenters. The van der Waals surface area contributed by atoms with E-state index in [1.54, 1.807) is 0 Å². The average molecular weight is 421 g/mol. The molecule has 0 amide bonds. The van der Waals surface area contributed by atoms with Gasteiger partial charge in [0.1, 0.15) is 0 Å². The van der Waals surface area contributed by atoms with Crippen LogP contribution in [0.15, 0.2) is 116 Å². The molecule has 0 radical (unpaired) electrons. The van der Waals surface area contributed by atoms with Gasteiger partial charge in [0.25, 0.3) is 0 Å². The van der Waals surface area contributed by atoms with E-state index in [0.29, 0.717) is 0 Å². The largest absolute Gasteiger partial charge is 0.278 e. The van der Waals surface area contributed by atoms with Crippen LogP contribution in [-0.4, -0.2) is 23.9 Å². The number of hydrogen-bond acceptors (Lipinski definition) is 2. The summed E-state index contributed by atoms with van der Waals surface area (Å²) in [7, 11) is 4.52. The number of pyridine rings is 1. The molecule has 3 heteroatoms. The van der Waals surface area contributed by atoms with Gasteiger partial charge in [0.15, 0.2) is 18.9 Å². The molecule has 0 N–H and O–H groups in total. The molecule has 0 aliphatic carbocycles. The van der Waals surface area contributed by atoms with E-state index < -0.39 is 0 Å². The lowest BCUT2D eigenvalue weighted by Crippen LogP contribution is -2.36. The Kier molecular flexibility index (Phi) is 5.85. The summed E-state index contributed by atoms with van der Waals surface area (Å²) in [4.78, 5) is 5.05. The molecular formula is C29H30N3+. The van der Waals surface area contributed by atoms with Crippen molar-refractivity contribution < 1.29 is 4.57 Å². The van der Waals surface area contributed by atoms with Gasteiger partial charge in [-0.25, -0.2) is 4.57 Å². The Bertz CT molecular complexity index is 1090. The molecular weight excluding hydrogens is 390 g/mol. The molecule has 0 spiro atoms. The number of likely N-dealkylation sites (N-methyl/N-ethyl adjacent to an activating group) is 2. The fourth-order valence-electron chi connectivity index (χ4n) is 5.23. The third-order valence-corrected chi connectivity index (χ3v) is 6.62. The first kappa shape index (κ1) is 20.6. The second kappa shape index (κ2) is 9.07. The van der Waals surface area contributed by atoms with Crippen LogP contribution in [0.1, 0.15) is 40.5 Å². The van der Waals surface area contributed by atoms with Crippen LogP contribution in [0.5, 0.6) is 0 Å². The first-order valence-electron chi connectivity index (χ1n) is 11.3. The molecule has 3 aromatic carbocycles. The topological polar surface area (TPSA) is 10.4 Å². The highest BCUT2D eigenvalue weighted by molar-refractivity contribution is 5.31. The zero-order chi connectivity index (χ0) is 21.9. The van der Waals surface area contributed by atoms with E-state index in [4.69, 9.17) is 0 Å². The Labute approximate surface area is 191 Å². The van der Waals surface area contributed by atoms with Gasteiger partial charge in [-0.15, -0.1) is 0 Å². The number of aromatic nitrogens is 1. The van der Waals surface area contributed by atoms with E-state index >= 15 is 0 Å². The van der Waals surface area contributed by atoms with Crippen molar-refractivity contribution in [3.8, 4) is 0 Å². The number of hydrogen-bond donors (Lipinski definition) is 0. The molecule has 1 aromatic heterocycles. The highest BCUT2D eigenvalue weighted by atomic mass is 15.4. The Morgan fingerprint density at radius 2 is 1.06 bits per heavy atom. The van der Waals surface area contributed by atoms with Crippen LogP contribution in [0.3, 0.4) is 0 Å². The van der Waals surface area contributed by atoms with Crippen LogP contribution in [0.4, 0.5) is 0 Å². The standard InChI is InChI=1S/C29H30N3/c1-30-27(24-15-8-4-9-16-24)28(25-17-10-5-11-18-25)31(2)29(30)26-19-12-20-32(22-26)21-23-13-6-3-7-14-23/h3-20,22,27-29H,21H2,1-2H3/q+1/t27-,28-/m0/s1. The lowest BCUT2D eigenvalue weighted by molar-refractivity contribution is -0.688. The Balaban J connectivity index is 1.52. The van der Waals surface area contributed by atoms with E-state index in [1.807, 2.05) is 0 Å². The minimum absolute atomic E-state index is 0.189. The highest BCUT2D eigenvalue weighted by Gasteiger charge is 2.45. The summed E-state index contributed by atoms with van der Waals surface area (Å²) >= 11 is 0. The average Bonchev–Trinajstić information content (AvgIpc) is 3.11. The van der Waals surface area contributed by atoms with Crippen molar-refractivity contribution in [2.75, 3.05) is 14.1 Å². The van der Waals surface area contributed by atoms with Crippen molar-refractivity contribution in [1.82, 2.24) is 9.80 Å². The molecule has 1 saturated heterocycles. The van der Waals surface area contributed by atoms with Crippen LogP contribution in [0.2, 0.25) is 0 Å². The molecule has 1 aliphatic rings. The summed E-state index contributed by atoms with van der Waals surface area (Å²) in [5.41, 5.74) is 5.33. The minimum atomic E-state index is 0.189. The first-order chi connectivity index (χ1) is 15.7. The zero-order valence-corrected chi connectivity index (χ0v) is 18.8. The van der Waals surface area contributed by atoms with Gasteiger partial charge in [0.05, 0.1) is 18.2 Å².